The van der Waals surface area contributed by atoms with Crippen LogP contribution in [0.1, 0.15) is 48.5 Å². The van der Waals surface area contributed by atoms with Crippen molar-refractivity contribution < 1.29 is 4.79 Å². The van der Waals surface area contributed by atoms with Gasteiger partial charge in [-0.1, -0.05) is 43.4 Å². The molecule has 21 heavy (non-hydrogen) atoms. The predicted molar refractivity (Wildman–Crippen MR) is 83.1 cm³/mol. The van der Waals surface area contributed by atoms with Crippen LogP contribution in [0, 0.1) is 24.7 Å². The van der Waals surface area contributed by atoms with Gasteiger partial charge in [0.25, 0.3) is 0 Å². The minimum Gasteiger partial charge on any atom is -0.338 e. The van der Waals surface area contributed by atoms with Crippen molar-refractivity contribution in [2.24, 2.45) is 17.8 Å². The van der Waals surface area contributed by atoms with Crippen LogP contribution in [0.15, 0.2) is 0 Å². The number of nitrogens with zero attached hydrogens (tertiary/aromatic N) is 2. The van der Waals surface area contributed by atoms with Gasteiger partial charge in [0, 0.05) is 6.54 Å². The monoisotopic (exact) mass is 308 g/mol. The van der Waals surface area contributed by atoms with E-state index in [4.69, 9.17) is 0 Å². The smallest absolute Gasteiger partial charge is 0.315 e. The highest BCUT2D eigenvalue weighted by molar-refractivity contribution is 7.11. The Bertz CT molecular complexity index is 484. The molecule has 2 amide bonds. The maximum absolute atomic E-state index is 11.8. The predicted octanol–water partition coefficient (Wildman–Crippen LogP) is 2.86. The minimum atomic E-state index is -0.0860. The zero-order chi connectivity index (χ0) is 14.7. The summed E-state index contributed by atoms with van der Waals surface area (Å²) in [5.74, 6) is 2.51. The van der Waals surface area contributed by atoms with Crippen LogP contribution in [-0.4, -0.2) is 22.8 Å². The van der Waals surface area contributed by atoms with E-state index in [-0.39, 0.29) is 6.03 Å². The van der Waals surface area contributed by atoms with E-state index in [1.165, 1.54) is 49.9 Å². The van der Waals surface area contributed by atoms with Crippen molar-refractivity contribution in [3.63, 3.8) is 0 Å². The van der Waals surface area contributed by atoms with Gasteiger partial charge in [0.1, 0.15) is 10.0 Å². The Morgan fingerprint density at radius 3 is 2.76 bits per heavy atom. The molecule has 0 bridgehead atoms. The SMILES string of the molecule is Cc1nnc(CNC(=O)NC[C@@H]2C[C@H]2C2CCCCC2)s1. The number of nitrogens with one attached hydrogen (secondary N) is 2. The fraction of sp³-hybridized carbons (Fsp3) is 0.800. The first-order valence-electron chi connectivity index (χ1n) is 8.03. The van der Waals surface area contributed by atoms with Gasteiger partial charge < -0.3 is 10.6 Å². The topological polar surface area (TPSA) is 66.9 Å². The summed E-state index contributed by atoms with van der Waals surface area (Å²) >= 11 is 1.52. The molecule has 2 N–H and O–H groups in total. The lowest BCUT2D eigenvalue weighted by Gasteiger charge is -2.21. The number of carbonyl (C=O) groups excluding carboxylic acids is 1. The van der Waals surface area contributed by atoms with Crippen molar-refractivity contribution in [1.82, 2.24) is 20.8 Å². The maximum Gasteiger partial charge on any atom is 0.315 e. The number of hydrogen-bond acceptors (Lipinski definition) is 4. The summed E-state index contributed by atoms with van der Waals surface area (Å²) in [6, 6.07) is -0.0860. The molecule has 2 aliphatic rings. The number of rotatable bonds is 5. The summed E-state index contributed by atoms with van der Waals surface area (Å²) in [5, 5.41) is 15.6. The van der Waals surface area contributed by atoms with Crippen LogP contribution >= 0.6 is 11.3 Å². The van der Waals surface area contributed by atoms with Crippen LogP contribution in [0.3, 0.4) is 0 Å². The number of carbonyl (C=O) groups is 1. The highest BCUT2D eigenvalue weighted by atomic mass is 32.1. The normalized spacial score (nSPS) is 25.6. The molecule has 0 spiro atoms. The molecule has 2 atom stereocenters. The van der Waals surface area contributed by atoms with Crippen molar-refractivity contribution in [1.29, 1.82) is 0 Å². The summed E-state index contributed by atoms with van der Waals surface area (Å²) < 4.78 is 0. The Labute approximate surface area is 129 Å². The second kappa shape index (κ2) is 6.73. The van der Waals surface area contributed by atoms with Gasteiger partial charge in [-0.05, 0) is 31.1 Å². The number of hydrogen-bond donors (Lipinski definition) is 2. The molecule has 5 nitrogen and oxygen atoms in total. The minimum absolute atomic E-state index is 0.0860. The average molecular weight is 308 g/mol. The molecule has 1 aromatic heterocycles. The fourth-order valence-corrected chi connectivity index (χ4v) is 4.15. The van der Waals surface area contributed by atoms with Crippen LogP contribution in [0.2, 0.25) is 0 Å². The largest absolute Gasteiger partial charge is 0.338 e. The Morgan fingerprint density at radius 1 is 1.24 bits per heavy atom. The summed E-state index contributed by atoms with van der Waals surface area (Å²) in [6.45, 7) is 3.20. The summed E-state index contributed by atoms with van der Waals surface area (Å²) in [7, 11) is 0. The Kier molecular flexibility index (Phi) is 4.73. The molecular weight excluding hydrogens is 284 g/mol. The van der Waals surface area contributed by atoms with E-state index < -0.39 is 0 Å². The van der Waals surface area contributed by atoms with Crippen molar-refractivity contribution in [3.8, 4) is 0 Å². The van der Waals surface area contributed by atoms with Gasteiger partial charge >= 0.3 is 6.03 Å². The third-order valence-electron chi connectivity index (χ3n) is 4.73. The van der Waals surface area contributed by atoms with Crippen LogP contribution < -0.4 is 10.6 Å². The quantitative estimate of drug-likeness (QED) is 0.879. The van der Waals surface area contributed by atoms with Gasteiger partial charge in [0.05, 0.1) is 6.54 Å². The highest BCUT2D eigenvalue weighted by Crippen LogP contribution is 2.48. The van der Waals surface area contributed by atoms with Gasteiger partial charge in [0.15, 0.2) is 0 Å². The molecule has 6 heteroatoms. The number of aromatic nitrogens is 2. The zero-order valence-electron chi connectivity index (χ0n) is 12.6. The molecule has 3 rings (SSSR count). The zero-order valence-corrected chi connectivity index (χ0v) is 13.4. The average Bonchev–Trinajstić information content (AvgIpc) is 3.17. The van der Waals surface area contributed by atoms with E-state index in [1.807, 2.05) is 6.92 Å². The molecule has 0 aliphatic heterocycles. The second-order valence-corrected chi connectivity index (χ2v) is 7.60. The van der Waals surface area contributed by atoms with E-state index >= 15 is 0 Å². The standard InChI is InChI=1S/C15H24N4OS/c1-10-18-19-14(21-10)9-17-15(20)16-8-12-7-13(12)11-5-3-2-4-6-11/h11-13H,2-9H2,1H3,(H2,16,17,20)/t12-,13-/m0/s1. The van der Waals surface area contributed by atoms with Crippen molar-refractivity contribution >= 4 is 17.4 Å². The maximum atomic E-state index is 11.8. The lowest BCUT2D eigenvalue weighted by atomic mass is 9.85. The summed E-state index contributed by atoms with van der Waals surface area (Å²) in [5.41, 5.74) is 0. The molecule has 1 aromatic rings. The van der Waals surface area contributed by atoms with Gasteiger partial charge in [-0.15, -0.1) is 10.2 Å². The van der Waals surface area contributed by atoms with Crippen LogP contribution in [0.4, 0.5) is 4.79 Å². The molecule has 116 valence electrons. The highest BCUT2D eigenvalue weighted by Gasteiger charge is 2.42. The van der Waals surface area contributed by atoms with Gasteiger partial charge in [-0.3, -0.25) is 0 Å². The molecular formula is C15H24N4OS. The first-order chi connectivity index (χ1) is 10.2. The molecule has 2 aliphatic carbocycles. The molecule has 0 saturated heterocycles. The van der Waals surface area contributed by atoms with Crippen LogP contribution in [0.25, 0.3) is 0 Å². The number of aryl methyl sites for hydroxylation is 1. The molecule has 0 unspecified atom stereocenters. The van der Waals surface area contributed by atoms with Gasteiger partial charge in [0.2, 0.25) is 0 Å². The van der Waals surface area contributed by atoms with Crippen LogP contribution in [-0.2, 0) is 6.54 Å². The third-order valence-corrected chi connectivity index (χ3v) is 5.56. The van der Waals surface area contributed by atoms with Crippen molar-refractivity contribution in [2.75, 3.05) is 6.54 Å². The Morgan fingerprint density at radius 2 is 2.05 bits per heavy atom. The molecule has 1 heterocycles. The Hall–Kier alpha value is -1.17. The number of amides is 2. The molecule has 0 aromatic carbocycles. The summed E-state index contributed by atoms with van der Waals surface area (Å²) in [6.07, 6.45) is 8.35. The van der Waals surface area contributed by atoms with Crippen molar-refractivity contribution in [3.05, 3.63) is 10.0 Å². The molecule has 0 radical (unpaired) electrons. The van der Waals surface area contributed by atoms with E-state index in [0.717, 1.165) is 28.4 Å². The lowest BCUT2D eigenvalue weighted by molar-refractivity contribution is 0.239. The summed E-state index contributed by atoms with van der Waals surface area (Å²) in [4.78, 5) is 11.8. The van der Waals surface area contributed by atoms with Crippen molar-refractivity contribution in [2.45, 2.75) is 52.0 Å². The second-order valence-electron chi connectivity index (χ2n) is 6.34. The first-order valence-corrected chi connectivity index (χ1v) is 8.84. The van der Waals surface area contributed by atoms with Gasteiger partial charge in [-0.2, -0.15) is 0 Å². The molecule has 2 fully saturated rings. The molecule has 2 saturated carbocycles. The van der Waals surface area contributed by atoms with E-state index in [9.17, 15) is 4.79 Å². The van der Waals surface area contributed by atoms with E-state index in [2.05, 4.69) is 20.8 Å². The van der Waals surface area contributed by atoms with Gasteiger partial charge in [-0.25, -0.2) is 4.79 Å². The first kappa shape index (κ1) is 14.8. The van der Waals surface area contributed by atoms with Crippen LogP contribution in [0.5, 0.6) is 0 Å². The van der Waals surface area contributed by atoms with E-state index in [1.54, 1.807) is 0 Å². The third kappa shape index (κ3) is 4.15. The van der Waals surface area contributed by atoms with E-state index in [0.29, 0.717) is 12.5 Å². The lowest BCUT2D eigenvalue weighted by Crippen LogP contribution is -2.36. The Balaban J connectivity index is 1.31. The fourth-order valence-electron chi connectivity index (χ4n) is 3.50. The number of urea groups is 1.